The molecule has 6 aromatic carbocycles. The summed E-state index contributed by atoms with van der Waals surface area (Å²) >= 11 is 0. The van der Waals surface area contributed by atoms with Gasteiger partial charge in [0.2, 0.25) is 0 Å². The first kappa shape index (κ1) is 26.0. The van der Waals surface area contributed by atoms with E-state index in [9.17, 15) is 0 Å². The lowest BCUT2D eigenvalue weighted by atomic mass is 9.88. The zero-order chi connectivity index (χ0) is 30.6. The van der Waals surface area contributed by atoms with Crippen LogP contribution in [0.2, 0.25) is 0 Å². The van der Waals surface area contributed by atoms with Crippen molar-refractivity contribution in [3.8, 4) is 22.6 Å². The average molecular weight is 592 g/mol. The molecule has 9 rings (SSSR count). The molecular formula is C40H25N5O. The van der Waals surface area contributed by atoms with E-state index in [0.717, 1.165) is 77.2 Å². The van der Waals surface area contributed by atoms with Gasteiger partial charge in [-0.15, -0.1) is 0 Å². The van der Waals surface area contributed by atoms with Crippen LogP contribution in [-0.2, 0) is 0 Å². The van der Waals surface area contributed by atoms with Gasteiger partial charge in [-0.25, -0.2) is 9.97 Å². The topological polar surface area (TPSA) is 87.2 Å². The van der Waals surface area contributed by atoms with Crippen LogP contribution in [0.4, 0.5) is 5.69 Å². The van der Waals surface area contributed by atoms with Crippen molar-refractivity contribution >= 4 is 66.8 Å². The van der Waals surface area contributed by atoms with Crippen LogP contribution in [0.3, 0.4) is 0 Å². The van der Waals surface area contributed by atoms with Gasteiger partial charge in [0.05, 0.1) is 22.6 Å². The van der Waals surface area contributed by atoms with Gasteiger partial charge in [-0.1, -0.05) is 91.0 Å². The Morgan fingerprint density at radius 1 is 0.609 bits per heavy atom. The number of nitrogens with zero attached hydrogens (tertiary/aromatic N) is 3. The van der Waals surface area contributed by atoms with E-state index in [-0.39, 0.29) is 0 Å². The Morgan fingerprint density at radius 2 is 1.37 bits per heavy atom. The van der Waals surface area contributed by atoms with Crippen molar-refractivity contribution in [3.05, 3.63) is 145 Å². The number of hydrazone groups is 1. The number of aromatic nitrogens is 2. The molecule has 0 spiro atoms. The quantitative estimate of drug-likeness (QED) is 0.199. The molecule has 2 heterocycles. The summed E-state index contributed by atoms with van der Waals surface area (Å²) in [5, 5.41) is 18.7. The van der Waals surface area contributed by atoms with Crippen LogP contribution in [-0.4, -0.2) is 21.4 Å². The van der Waals surface area contributed by atoms with Crippen LogP contribution in [0.15, 0.2) is 143 Å². The lowest BCUT2D eigenvalue weighted by molar-refractivity contribution is 0.669. The van der Waals surface area contributed by atoms with Crippen molar-refractivity contribution in [1.29, 1.82) is 5.41 Å². The summed E-state index contributed by atoms with van der Waals surface area (Å²) in [6.45, 7) is 0. The standard InChI is InChI=1S/C40H25N5O/c41-33-21-19-25-16-14-24-15-17-27(22-32(24)37(25)39(33)45-44-28-8-2-1-3-9-28)40-42-34-12-6-4-11-31(34)38(43-40)26-18-20-30-29-10-5-7-13-35(29)46-36(30)23-26/h1-23,41,44H/b41-33?,45-39+. The van der Waals surface area contributed by atoms with Gasteiger partial charge in [0, 0.05) is 32.8 Å². The van der Waals surface area contributed by atoms with E-state index in [4.69, 9.17) is 24.9 Å². The first-order valence-electron chi connectivity index (χ1n) is 15.1. The molecule has 46 heavy (non-hydrogen) atoms. The van der Waals surface area contributed by atoms with Crippen LogP contribution < -0.4 is 5.43 Å². The molecule has 0 atom stereocenters. The summed E-state index contributed by atoms with van der Waals surface area (Å²) in [4.78, 5) is 10.2. The third-order valence-corrected chi connectivity index (χ3v) is 8.56. The minimum atomic E-state index is 0.346. The second-order valence-electron chi connectivity index (χ2n) is 11.4. The van der Waals surface area contributed by atoms with E-state index in [1.165, 1.54) is 0 Å². The summed E-state index contributed by atoms with van der Waals surface area (Å²) < 4.78 is 6.23. The number of hydrogen-bond donors (Lipinski definition) is 2. The highest BCUT2D eigenvalue weighted by molar-refractivity contribution is 6.55. The summed E-state index contributed by atoms with van der Waals surface area (Å²) in [7, 11) is 0. The van der Waals surface area contributed by atoms with Gasteiger partial charge in [-0.05, 0) is 64.9 Å². The SMILES string of the molecule is N=C1C=Cc2ccc3ccc(-c4nc(-c5ccc6c(c5)oc5ccccc56)c5ccccc5n4)cc3c2/C1=N/Nc1ccccc1. The molecule has 6 nitrogen and oxygen atoms in total. The maximum atomic E-state index is 8.75. The van der Waals surface area contributed by atoms with Crippen molar-refractivity contribution < 1.29 is 4.42 Å². The first-order chi connectivity index (χ1) is 22.7. The molecule has 0 saturated heterocycles. The fourth-order valence-electron chi connectivity index (χ4n) is 6.31. The molecule has 0 fully saturated rings. The first-order valence-corrected chi connectivity index (χ1v) is 15.1. The van der Waals surface area contributed by atoms with E-state index in [2.05, 4.69) is 66.1 Å². The lowest BCUT2D eigenvalue weighted by Gasteiger charge is -2.18. The molecule has 0 unspecified atom stereocenters. The molecule has 6 heteroatoms. The van der Waals surface area contributed by atoms with Crippen LogP contribution >= 0.6 is 0 Å². The number of fused-ring (bicyclic) bond motifs is 7. The van der Waals surface area contributed by atoms with E-state index >= 15 is 0 Å². The predicted octanol–water partition coefficient (Wildman–Crippen LogP) is 9.88. The average Bonchev–Trinajstić information content (AvgIpc) is 3.49. The van der Waals surface area contributed by atoms with E-state index in [0.29, 0.717) is 17.2 Å². The summed E-state index contributed by atoms with van der Waals surface area (Å²) in [6, 6.07) is 42.8. The molecule has 216 valence electrons. The van der Waals surface area contributed by atoms with E-state index < -0.39 is 0 Å². The lowest BCUT2D eigenvalue weighted by Crippen LogP contribution is -2.19. The predicted molar refractivity (Wildman–Crippen MR) is 189 cm³/mol. The molecule has 1 aliphatic carbocycles. The number of para-hydroxylation sites is 3. The van der Waals surface area contributed by atoms with Crippen molar-refractivity contribution in [3.63, 3.8) is 0 Å². The highest BCUT2D eigenvalue weighted by atomic mass is 16.3. The maximum absolute atomic E-state index is 8.75. The van der Waals surface area contributed by atoms with Gasteiger partial charge in [0.15, 0.2) is 5.82 Å². The minimum Gasteiger partial charge on any atom is -0.456 e. The third-order valence-electron chi connectivity index (χ3n) is 8.56. The van der Waals surface area contributed by atoms with Crippen LogP contribution in [0, 0.1) is 5.41 Å². The molecule has 1 aliphatic rings. The van der Waals surface area contributed by atoms with Gasteiger partial charge >= 0.3 is 0 Å². The number of furan rings is 1. The highest BCUT2D eigenvalue weighted by Crippen LogP contribution is 2.36. The second-order valence-corrected chi connectivity index (χ2v) is 11.4. The number of nitrogens with one attached hydrogen (secondary N) is 2. The summed E-state index contributed by atoms with van der Waals surface area (Å²) in [5.74, 6) is 0.625. The van der Waals surface area contributed by atoms with Crippen LogP contribution in [0.25, 0.3) is 72.3 Å². The molecule has 2 N–H and O–H groups in total. The van der Waals surface area contributed by atoms with Gasteiger partial charge < -0.3 is 4.42 Å². The van der Waals surface area contributed by atoms with E-state index in [1.807, 2.05) is 72.8 Å². The van der Waals surface area contributed by atoms with Gasteiger partial charge in [-0.3, -0.25) is 10.8 Å². The number of rotatable bonds is 4. The van der Waals surface area contributed by atoms with Crippen molar-refractivity contribution in [2.45, 2.75) is 0 Å². The normalized spacial score (nSPS) is 13.7. The van der Waals surface area contributed by atoms with Crippen molar-refractivity contribution in [1.82, 2.24) is 9.97 Å². The van der Waals surface area contributed by atoms with E-state index in [1.54, 1.807) is 6.08 Å². The van der Waals surface area contributed by atoms with Gasteiger partial charge in [0.25, 0.3) is 0 Å². The Morgan fingerprint density at radius 3 is 2.28 bits per heavy atom. The van der Waals surface area contributed by atoms with Gasteiger partial charge in [-0.2, -0.15) is 5.10 Å². The summed E-state index contributed by atoms with van der Waals surface area (Å²) in [5.41, 5.74) is 12.1. The Kier molecular flexibility index (Phi) is 5.86. The third kappa shape index (κ3) is 4.27. The number of anilines is 1. The minimum absolute atomic E-state index is 0.346. The number of hydrogen-bond acceptors (Lipinski definition) is 6. The Balaban J connectivity index is 1.21. The molecule has 0 aliphatic heterocycles. The molecule has 2 aromatic heterocycles. The monoisotopic (exact) mass is 591 g/mol. The molecule has 0 radical (unpaired) electrons. The highest BCUT2D eigenvalue weighted by Gasteiger charge is 2.21. The molecule has 8 aromatic rings. The fraction of sp³-hybridized carbons (Fsp3) is 0. The molecule has 0 saturated carbocycles. The summed E-state index contributed by atoms with van der Waals surface area (Å²) in [6.07, 6.45) is 3.77. The second kappa shape index (κ2) is 10.4. The number of benzene rings is 6. The fourth-order valence-corrected chi connectivity index (χ4v) is 6.31. The maximum Gasteiger partial charge on any atom is 0.160 e. The van der Waals surface area contributed by atoms with Crippen molar-refractivity contribution in [2.24, 2.45) is 5.10 Å². The Labute approximate surface area is 263 Å². The Bertz CT molecular complexity index is 2580. The van der Waals surface area contributed by atoms with Gasteiger partial charge in [0.1, 0.15) is 16.9 Å². The van der Waals surface area contributed by atoms with Crippen molar-refractivity contribution in [2.75, 3.05) is 5.43 Å². The largest absolute Gasteiger partial charge is 0.456 e. The van der Waals surface area contributed by atoms with Crippen LogP contribution in [0.5, 0.6) is 0 Å². The zero-order valence-corrected chi connectivity index (χ0v) is 24.5. The number of allylic oxidation sites excluding steroid dienone is 1. The Hall–Kier alpha value is -6.40. The van der Waals surface area contributed by atoms with Crippen LogP contribution in [0.1, 0.15) is 11.1 Å². The smallest absolute Gasteiger partial charge is 0.160 e. The molecule has 0 amide bonds. The zero-order valence-electron chi connectivity index (χ0n) is 24.5. The molecular weight excluding hydrogens is 566 g/mol. The molecule has 0 bridgehead atoms.